The number of nitrogens with one attached hydrogen (secondary N) is 5. The lowest BCUT2D eigenvalue weighted by atomic mass is 9.87. The molecule has 7 heteroatoms. The molecule has 0 aromatic heterocycles. The minimum atomic E-state index is -0.585. The minimum Gasteiger partial charge on any atom is -0.396 e. The van der Waals surface area contributed by atoms with Crippen LogP contribution in [-0.4, -0.2) is 62.6 Å². The number of hydrogen-bond acceptors (Lipinski definition) is 6. The Morgan fingerprint density at radius 1 is 0.958 bits per heavy atom. The molecule has 3 fully saturated rings. The highest BCUT2D eigenvalue weighted by molar-refractivity contribution is 4.86. The zero-order valence-electron chi connectivity index (χ0n) is 14.6. The van der Waals surface area contributed by atoms with Crippen LogP contribution < -0.4 is 26.6 Å². The van der Waals surface area contributed by atoms with Crippen molar-refractivity contribution in [2.45, 2.75) is 63.2 Å². The van der Waals surface area contributed by atoms with E-state index >= 15 is 0 Å². The fraction of sp³-hybridized carbons (Fsp3) is 1.00. The molecular weight excluding hydrogens is 309 g/mol. The monoisotopic (exact) mass is 343 g/mol. The van der Waals surface area contributed by atoms with E-state index in [4.69, 9.17) is 0 Å². The molecule has 2 saturated heterocycles. The van der Waals surface area contributed by atoms with Crippen LogP contribution in [0.2, 0.25) is 0 Å². The molecule has 1 saturated carbocycles. The van der Waals surface area contributed by atoms with Crippen LogP contribution in [0.5, 0.6) is 0 Å². The summed E-state index contributed by atoms with van der Waals surface area (Å²) in [6, 6.07) is 0. The number of piperidine rings is 1. The maximum atomic E-state index is 13.2. The second-order valence-electron chi connectivity index (χ2n) is 7.70. The van der Waals surface area contributed by atoms with E-state index in [1.165, 1.54) is 0 Å². The average Bonchev–Trinajstić information content (AvgIpc) is 2.62. The zero-order valence-corrected chi connectivity index (χ0v) is 14.6. The predicted molar refractivity (Wildman–Crippen MR) is 93.2 cm³/mol. The highest BCUT2D eigenvalue weighted by Crippen LogP contribution is 2.26. The normalized spacial score (nSPS) is 41.2. The summed E-state index contributed by atoms with van der Waals surface area (Å²) in [6.45, 7) is 4.10. The molecule has 24 heavy (non-hydrogen) atoms. The van der Waals surface area contributed by atoms with Gasteiger partial charge in [0.15, 0.2) is 0 Å². The fourth-order valence-electron chi connectivity index (χ4n) is 4.20. The molecule has 2 heterocycles. The summed E-state index contributed by atoms with van der Waals surface area (Å²) < 4.78 is 13.2. The summed E-state index contributed by atoms with van der Waals surface area (Å²) in [5.41, 5.74) is 0. The second-order valence-corrected chi connectivity index (χ2v) is 7.70. The Kier molecular flexibility index (Phi) is 7.24. The third-order valence-electron chi connectivity index (χ3n) is 5.67. The van der Waals surface area contributed by atoms with Crippen LogP contribution in [0.1, 0.15) is 38.5 Å². The van der Waals surface area contributed by atoms with Crippen LogP contribution in [0.15, 0.2) is 0 Å². The van der Waals surface area contributed by atoms with Crippen LogP contribution >= 0.6 is 0 Å². The highest BCUT2D eigenvalue weighted by atomic mass is 19.1. The summed E-state index contributed by atoms with van der Waals surface area (Å²) in [4.78, 5) is 0. The molecule has 2 aliphatic heterocycles. The SMILES string of the molecule is OCC1CC(NCC2CCC(F)CC2)NC(N[C@H]2CNCCN2)C1. The quantitative estimate of drug-likeness (QED) is 0.403. The maximum absolute atomic E-state index is 13.2. The first-order valence-electron chi connectivity index (χ1n) is 9.67. The Labute approximate surface area is 144 Å². The number of aliphatic hydroxyl groups excluding tert-OH is 1. The van der Waals surface area contributed by atoms with E-state index in [2.05, 4.69) is 26.6 Å². The van der Waals surface area contributed by atoms with Crippen LogP contribution in [0.4, 0.5) is 4.39 Å². The number of alkyl halides is 1. The molecule has 3 unspecified atom stereocenters. The van der Waals surface area contributed by atoms with Gasteiger partial charge in [0.2, 0.25) is 0 Å². The van der Waals surface area contributed by atoms with Crippen molar-refractivity contribution in [3.63, 3.8) is 0 Å². The molecular formula is C17H34FN5O. The Bertz CT molecular complexity index is 361. The first kappa shape index (κ1) is 18.5. The van der Waals surface area contributed by atoms with Gasteiger partial charge in [-0.2, -0.15) is 0 Å². The van der Waals surface area contributed by atoms with E-state index in [1.807, 2.05) is 0 Å². The summed E-state index contributed by atoms with van der Waals surface area (Å²) in [5.74, 6) is 0.906. The first-order valence-corrected chi connectivity index (χ1v) is 9.67. The molecule has 0 aromatic rings. The van der Waals surface area contributed by atoms with Crippen LogP contribution in [-0.2, 0) is 0 Å². The van der Waals surface area contributed by atoms with Gasteiger partial charge in [-0.25, -0.2) is 4.39 Å². The van der Waals surface area contributed by atoms with Crippen molar-refractivity contribution in [2.24, 2.45) is 11.8 Å². The summed E-state index contributed by atoms with van der Waals surface area (Å²) >= 11 is 0. The van der Waals surface area contributed by atoms with Gasteiger partial charge in [0.25, 0.3) is 0 Å². The smallest absolute Gasteiger partial charge is 0.100 e. The van der Waals surface area contributed by atoms with Crippen LogP contribution in [0.3, 0.4) is 0 Å². The van der Waals surface area contributed by atoms with Crippen molar-refractivity contribution in [3.05, 3.63) is 0 Å². The molecule has 0 aromatic carbocycles. The summed E-state index contributed by atoms with van der Waals surface area (Å²) in [7, 11) is 0. The zero-order chi connectivity index (χ0) is 16.8. The van der Waals surface area contributed by atoms with Gasteiger partial charge in [0.05, 0.1) is 18.5 Å². The van der Waals surface area contributed by atoms with Gasteiger partial charge in [-0.1, -0.05) is 0 Å². The third-order valence-corrected chi connectivity index (χ3v) is 5.67. The van der Waals surface area contributed by atoms with E-state index in [0.717, 1.165) is 51.9 Å². The van der Waals surface area contributed by atoms with Crippen molar-refractivity contribution < 1.29 is 9.50 Å². The van der Waals surface area contributed by atoms with Gasteiger partial charge < -0.3 is 15.7 Å². The molecule has 0 bridgehead atoms. The summed E-state index contributed by atoms with van der Waals surface area (Å²) in [6.07, 6.45) is 5.41. The number of aliphatic hydroxyl groups is 1. The van der Waals surface area contributed by atoms with Gasteiger partial charge in [0, 0.05) is 26.2 Å². The van der Waals surface area contributed by atoms with E-state index < -0.39 is 6.17 Å². The van der Waals surface area contributed by atoms with Gasteiger partial charge in [-0.05, 0) is 56.9 Å². The van der Waals surface area contributed by atoms with Gasteiger partial charge >= 0.3 is 0 Å². The molecule has 140 valence electrons. The lowest BCUT2D eigenvalue weighted by molar-refractivity contribution is 0.113. The standard InChI is InChI=1S/C17H34FN5O/c18-14-3-1-12(2-4-14)9-21-15-7-13(11-24)8-16(22-15)23-17-10-19-5-6-20-17/h12-17,19-24H,1-11H2/t12?,13?,14?,15?,16?,17-/m0/s1. The van der Waals surface area contributed by atoms with Crippen molar-refractivity contribution in [1.82, 2.24) is 26.6 Å². The fourth-order valence-corrected chi connectivity index (χ4v) is 4.20. The molecule has 3 rings (SSSR count). The van der Waals surface area contributed by atoms with E-state index in [0.29, 0.717) is 24.7 Å². The van der Waals surface area contributed by atoms with E-state index in [1.54, 1.807) is 0 Å². The maximum Gasteiger partial charge on any atom is 0.100 e. The van der Waals surface area contributed by atoms with Crippen molar-refractivity contribution >= 4 is 0 Å². The van der Waals surface area contributed by atoms with Crippen LogP contribution in [0, 0.1) is 11.8 Å². The molecule has 3 aliphatic rings. The Balaban J connectivity index is 1.43. The van der Waals surface area contributed by atoms with Crippen molar-refractivity contribution in [3.8, 4) is 0 Å². The lowest BCUT2D eigenvalue weighted by Gasteiger charge is -2.40. The lowest BCUT2D eigenvalue weighted by Crippen LogP contribution is -2.65. The number of halogens is 1. The Hall–Kier alpha value is -0.310. The number of piperazine rings is 1. The largest absolute Gasteiger partial charge is 0.396 e. The third kappa shape index (κ3) is 5.61. The average molecular weight is 343 g/mol. The predicted octanol–water partition coefficient (Wildman–Crippen LogP) is -0.143. The van der Waals surface area contributed by atoms with E-state index in [9.17, 15) is 9.50 Å². The molecule has 6 N–H and O–H groups in total. The number of rotatable bonds is 6. The molecule has 0 spiro atoms. The molecule has 1 aliphatic carbocycles. The van der Waals surface area contributed by atoms with E-state index in [-0.39, 0.29) is 25.1 Å². The molecule has 0 amide bonds. The highest BCUT2D eigenvalue weighted by Gasteiger charge is 2.30. The number of hydrogen-bond donors (Lipinski definition) is 6. The Morgan fingerprint density at radius 3 is 2.46 bits per heavy atom. The summed E-state index contributed by atoms with van der Waals surface area (Å²) in [5, 5.41) is 27.3. The van der Waals surface area contributed by atoms with Gasteiger partial charge in [0.1, 0.15) is 6.17 Å². The topological polar surface area (TPSA) is 80.4 Å². The van der Waals surface area contributed by atoms with Gasteiger partial charge in [-0.15, -0.1) is 0 Å². The van der Waals surface area contributed by atoms with Crippen molar-refractivity contribution in [2.75, 3.05) is 32.8 Å². The first-order chi connectivity index (χ1) is 11.7. The minimum absolute atomic E-state index is 0.201. The second kappa shape index (κ2) is 9.40. The van der Waals surface area contributed by atoms with Gasteiger partial charge in [-0.3, -0.25) is 16.0 Å². The molecule has 4 atom stereocenters. The molecule has 0 radical (unpaired) electrons. The van der Waals surface area contributed by atoms with Crippen molar-refractivity contribution in [1.29, 1.82) is 0 Å². The Morgan fingerprint density at radius 2 is 1.75 bits per heavy atom. The molecule has 6 nitrogen and oxygen atoms in total. The van der Waals surface area contributed by atoms with Crippen LogP contribution in [0.25, 0.3) is 0 Å².